The number of alkyl halides is 1. The Morgan fingerprint density at radius 1 is 1.70 bits per heavy atom. The van der Waals surface area contributed by atoms with Gasteiger partial charge in [0, 0.05) is 12.4 Å². The van der Waals surface area contributed by atoms with Crippen LogP contribution < -0.4 is 0 Å². The highest BCUT2D eigenvalue weighted by atomic mass is 19.1. The van der Waals surface area contributed by atoms with Crippen molar-refractivity contribution in [2.24, 2.45) is 4.99 Å². The lowest BCUT2D eigenvalue weighted by Gasteiger charge is -1.89. The normalized spacial score (nSPS) is 10.9. The van der Waals surface area contributed by atoms with Crippen LogP contribution in [0.1, 0.15) is 0 Å². The summed E-state index contributed by atoms with van der Waals surface area (Å²) in [5.74, 6) is 0. The number of nitrogens with zero attached hydrogens (tertiary/aromatic N) is 4. The Hall–Kier alpha value is -1.26. The smallest absolute Gasteiger partial charge is 0.132 e. The van der Waals surface area contributed by atoms with Gasteiger partial charge < -0.3 is 0 Å². The van der Waals surface area contributed by atoms with E-state index >= 15 is 0 Å². The number of aromatic nitrogens is 3. The molecule has 0 saturated heterocycles. The van der Waals surface area contributed by atoms with Crippen molar-refractivity contribution in [2.75, 3.05) is 6.67 Å². The molecule has 0 saturated carbocycles. The third-order valence-corrected chi connectivity index (χ3v) is 0.897. The zero-order valence-electron chi connectivity index (χ0n) is 5.31. The number of rotatable bonds is 3. The first kappa shape index (κ1) is 6.85. The fourth-order valence-electron chi connectivity index (χ4n) is 0.498. The summed E-state index contributed by atoms with van der Waals surface area (Å²) in [6.07, 6.45) is 4.40. The largest absolute Gasteiger partial charge is 0.271 e. The summed E-state index contributed by atoms with van der Waals surface area (Å²) in [4.78, 5) is 3.69. The molecule has 1 aromatic heterocycles. The van der Waals surface area contributed by atoms with Gasteiger partial charge >= 0.3 is 0 Å². The van der Waals surface area contributed by atoms with E-state index in [9.17, 15) is 4.39 Å². The fraction of sp³-hybridized carbons (Fsp3) is 0.400. The summed E-state index contributed by atoms with van der Waals surface area (Å²) in [6.45, 7) is -0.196. The van der Waals surface area contributed by atoms with Crippen LogP contribution in [0.25, 0.3) is 0 Å². The van der Waals surface area contributed by atoms with Gasteiger partial charge in [0.05, 0.1) is 6.20 Å². The van der Waals surface area contributed by atoms with E-state index in [0.717, 1.165) is 0 Å². The van der Waals surface area contributed by atoms with Gasteiger partial charge in [0.2, 0.25) is 0 Å². The first-order valence-electron chi connectivity index (χ1n) is 2.82. The van der Waals surface area contributed by atoms with Crippen molar-refractivity contribution in [3.05, 3.63) is 12.4 Å². The minimum atomic E-state index is -0.533. The van der Waals surface area contributed by atoms with E-state index in [1.807, 2.05) is 0 Å². The Balaban J connectivity index is 2.34. The summed E-state index contributed by atoms with van der Waals surface area (Å²) in [5.41, 5.74) is 0. The van der Waals surface area contributed by atoms with E-state index in [1.165, 1.54) is 10.9 Å². The molecule has 0 aromatic carbocycles. The van der Waals surface area contributed by atoms with Crippen LogP contribution in [0.15, 0.2) is 17.4 Å². The summed E-state index contributed by atoms with van der Waals surface area (Å²) >= 11 is 0. The van der Waals surface area contributed by atoms with Gasteiger partial charge in [-0.1, -0.05) is 5.21 Å². The molecule has 0 fully saturated rings. The van der Waals surface area contributed by atoms with Gasteiger partial charge in [-0.05, 0) is 0 Å². The zero-order valence-corrected chi connectivity index (χ0v) is 5.31. The van der Waals surface area contributed by atoms with Crippen LogP contribution in [0, 0.1) is 0 Å². The van der Waals surface area contributed by atoms with Crippen molar-refractivity contribution in [1.29, 1.82) is 0 Å². The molecule has 4 nitrogen and oxygen atoms in total. The Morgan fingerprint density at radius 3 is 3.20 bits per heavy atom. The second-order valence-corrected chi connectivity index (χ2v) is 1.60. The van der Waals surface area contributed by atoms with Crippen LogP contribution in [0.5, 0.6) is 0 Å². The monoisotopic (exact) mass is 142 g/mol. The van der Waals surface area contributed by atoms with Gasteiger partial charge in [-0.3, -0.25) is 4.99 Å². The first-order valence-corrected chi connectivity index (χ1v) is 2.82. The SMILES string of the molecule is FC/C=N\Cn1ccnn1. The molecule has 0 bridgehead atoms. The summed E-state index contributed by atoms with van der Waals surface area (Å²) in [7, 11) is 0. The molecule has 10 heavy (non-hydrogen) atoms. The summed E-state index contributed by atoms with van der Waals surface area (Å²) in [6, 6.07) is 0. The molecule has 0 radical (unpaired) electrons. The Kier molecular flexibility index (Phi) is 2.54. The maximum atomic E-state index is 11.4. The van der Waals surface area contributed by atoms with Crippen LogP contribution in [0.3, 0.4) is 0 Å². The Bertz CT molecular complexity index is 193. The molecule has 0 atom stereocenters. The molecule has 1 heterocycles. The van der Waals surface area contributed by atoms with Crippen LogP contribution in [0.4, 0.5) is 4.39 Å². The summed E-state index contributed by atoms with van der Waals surface area (Å²) in [5, 5.41) is 7.16. The van der Waals surface area contributed by atoms with Crippen molar-refractivity contribution in [3.8, 4) is 0 Å². The lowest BCUT2D eigenvalue weighted by atomic mass is 10.8. The van der Waals surface area contributed by atoms with E-state index in [4.69, 9.17) is 0 Å². The molecule has 0 aliphatic heterocycles. The van der Waals surface area contributed by atoms with E-state index in [2.05, 4.69) is 15.3 Å². The lowest BCUT2D eigenvalue weighted by Crippen LogP contribution is -1.96. The molecular weight excluding hydrogens is 135 g/mol. The molecule has 5 heteroatoms. The average molecular weight is 142 g/mol. The van der Waals surface area contributed by atoms with Crippen LogP contribution in [-0.2, 0) is 6.67 Å². The van der Waals surface area contributed by atoms with Crippen molar-refractivity contribution >= 4 is 6.21 Å². The Labute approximate surface area is 57.4 Å². The van der Waals surface area contributed by atoms with Crippen LogP contribution >= 0.6 is 0 Å². The maximum Gasteiger partial charge on any atom is 0.132 e. The number of hydrogen-bond acceptors (Lipinski definition) is 3. The van der Waals surface area contributed by atoms with Gasteiger partial charge in [0.25, 0.3) is 0 Å². The second kappa shape index (κ2) is 3.71. The van der Waals surface area contributed by atoms with Crippen molar-refractivity contribution < 1.29 is 4.39 Å². The molecule has 0 N–H and O–H groups in total. The van der Waals surface area contributed by atoms with Crippen LogP contribution in [0.2, 0.25) is 0 Å². The highest BCUT2D eigenvalue weighted by Gasteiger charge is 1.83. The van der Waals surface area contributed by atoms with Gasteiger partial charge in [-0.2, -0.15) is 0 Å². The third-order valence-electron chi connectivity index (χ3n) is 0.897. The molecule has 0 aliphatic carbocycles. The minimum absolute atomic E-state index is 0.337. The standard InChI is InChI=1S/C5H7FN4/c6-1-2-7-5-10-4-3-8-9-10/h2-4H,1,5H2/b7-2-. The molecule has 54 valence electrons. The highest BCUT2D eigenvalue weighted by molar-refractivity contribution is 5.57. The minimum Gasteiger partial charge on any atom is -0.271 e. The molecule has 1 rings (SSSR count). The molecule has 0 amide bonds. The highest BCUT2D eigenvalue weighted by Crippen LogP contribution is 1.80. The van der Waals surface area contributed by atoms with E-state index in [0.29, 0.717) is 6.67 Å². The molecule has 1 aromatic rings. The molecule has 0 aliphatic rings. The number of aliphatic imine (C=N–C) groups is 1. The second-order valence-electron chi connectivity index (χ2n) is 1.60. The van der Waals surface area contributed by atoms with Crippen molar-refractivity contribution in [1.82, 2.24) is 15.0 Å². The number of halogens is 1. The van der Waals surface area contributed by atoms with Gasteiger partial charge in [0.15, 0.2) is 0 Å². The van der Waals surface area contributed by atoms with Gasteiger partial charge in [-0.15, -0.1) is 5.10 Å². The van der Waals surface area contributed by atoms with Gasteiger partial charge in [-0.25, -0.2) is 9.07 Å². The Morgan fingerprint density at radius 2 is 2.60 bits per heavy atom. The predicted octanol–water partition coefficient (Wildman–Crippen LogP) is 0.276. The van der Waals surface area contributed by atoms with Crippen molar-refractivity contribution in [2.45, 2.75) is 6.67 Å². The van der Waals surface area contributed by atoms with E-state index in [-0.39, 0.29) is 0 Å². The fourth-order valence-corrected chi connectivity index (χ4v) is 0.498. The molecule has 0 spiro atoms. The van der Waals surface area contributed by atoms with E-state index in [1.54, 1.807) is 12.4 Å². The predicted molar refractivity (Wildman–Crippen MR) is 34.5 cm³/mol. The van der Waals surface area contributed by atoms with Crippen molar-refractivity contribution in [3.63, 3.8) is 0 Å². The number of hydrogen-bond donors (Lipinski definition) is 0. The maximum absolute atomic E-state index is 11.4. The third kappa shape index (κ3) is 1.93. The molecule has 0 unspecified atom stereocenters. The zero-order chi connectivity index (χ0) is 7.23. The first-order chi connectivity index (χ1) is 4.93. The average Bonchev–Trinajstić information content (AvgIpc) is 2.41. The topological polar surface area (TPSA) is 43.1 Å². The van der Waals surface area contributed by atoms with E-state index < -0.39 is 6.67 Å². The van der Waals surface area contributed by atoms with Crippen LogP contribution in [-0.4, -0.2) is 27.9 Å². The molecular formula is C5H7FN4. The lowest BCUT2D eigenvalue weighted by molar-refractivity contribution is 0.576. The van der Waals surface area contributed by atoms with Gasteiger partial charge in [0.1, 0.15) is 13.3 Å². The quantitative estimate of drug-likeness (QED) is 0.569. The summed E-state index contributed by atoms with van der Waals surface area (Å²) < 4.78 is 12.9.